The zero-order chi connectivity index (χ0) is 19.1. The van der Waals surface area contributed by atoms with Gasteiger partial charge in [-0.1, -0.05) is 42.5 Å². The minimum absolute atomic E-state index is 0.117. The average Bonchev–Trinajstić information content (AvgIpc) is 2.69. The molecule has 0 aliphatic rings. The molecule has 1 heterocycles. The molecule has 5 nitrogen and oxygen atoms in total. The summed E-state index contributed by atoms with van der Waals surface area (Å²) < 4.78 is 0.847. The maximum Gasteiger partial charge on any atom is 0.243 e. The zero-order valence-corrected chi connectivity index (χ0v) is 17.2. The zero-order valence-electron chi connectivity index (χ0n) is 14.8. The third-order valence-corrected chi connectivity index (χ3v) is 5.41. The number of benzene rings is 2. The number of anilines is 2. The molecule has 3 aromatic rings. The Kier molecular flexibility index (Phi) is 6.84. The standard InChI is InChI=1S/C20H19BrN4OS/c1-25(13-19(26)23-17-10-6-5-9-16(17)21)18-11-22-12-20(24-18)27-14-15-7-3-2-4-8-15/h2-12H,13-14H2,1H3,(H,23,26). The number of hydrogen-bond acceptors (Lipinski definition) is 5. The molecule has 138 valence electrons. The molecule has 2 aromatic carbocycles. The SMILES string of the molecule is CN(CC(=O)Nc1ccccc1Br)c1cncc(SCc2ccccc2)n1. The van der Waals surface area contributed by atoms with Crippen LogP contribution in [0.25, 0.3) is 0 Å². The predicted molar refractivity (Wildman–Crippen MR) is 114 cm³/mol. The fraction of sp³-hybridized carbons (Fsp3) is 0.150. The van der Waals surface area contributed by atoms with Crippen LogP contribution in [-0.2, 0) is 10.5 Å². The van der Waals surface area contributed by atoms with Gasteiger partial charge in [0.2, 0.25) is 5.91 Å². The van der Waals surface area contributed by atoms with Gasteiger partial charge in [-0.15, -0.1) is 11.8 Å². The monoisotopic (exact) mass is 442 g/mol. The van der Waals surface area contributed by atoms with E-state index >= 15 is 0 Å². The summed E-state index contributed by atoms with van der Waals surface area (Å²) in [5.41, 5.74) is 1.98. The van der Waals surface area contributed by atoms with Crippen molar-refractivity contribution in [3.8, 4) is 0 Å². The Morgan fingerprint density at radius 2 is 1.85 bits per heavy atom. The largest absolute Gasteiger partial charge is 0.349 e. The minimum Gasteiger partial charge on any atom is -0.349 e. The minimum atomic E-state index is -0.117. The summed E-state index contributed by atoms with van der Waals surface area (Å²) >= 11 is 5.05. The molecule has 0 radical (unpaired) electrons. The van der Waals surface area contributed by atoms with Crippen molar-refractivity contribution < 1.29 is 4.79 Å². The number of aromatic nitrogens is 2. The van der Waals surface area contributed by atoms with Crippen LogP contribution in [0.3, 0.4) is 0 Å². The lowest BCUT2D eigenvalue weighted by atomic mass is 10.2. The van der Waals surface area contributed by atoms with E-state index in [0.717, 1.165) is 20.9 Å². The number of rotatable bonds is 7. The molecule has 0 aliphatic carbocycles. The van der Waals surface area contributed by atoms with E-state index in [4.69, 9.17) is 0 Å². The number of likely N-dealkylation sites (N-methyl/N-ethyl adjacent to an activating group) is 1. The number of nitrogens with one attached hydrogen (secondary N) is 1. The second-order valence-corrected chi connectivity index (χ2v) is 7.72. The lowest BCUT2D eigenvalue weighted by Crippen LogP contribution is -2.30. The van der Waals surface area contributed by atoms with Crippen molar-refractivity contribution in [3.63, 3.8) is 0 Å². The van der Waals surface area contributed by atoms with Crippen LogP contribution < -0.4 is 10.2 Å². The van der Waals surface area contributed by atoms with E-state index in [1.54, 1.807) is 29.1 Å². The Bertz CT molecular complexity index is 907. The summed E-state index contributed by atoms with van der Waals surface area (Å²) in [7, 11) is 1.83. The second kappa shape index (κ2) is 9.53. The molecule has 0 unspecified atom stereocenters. The number of para-hydroxylation sites is 1. The number of amides is 1. The molecule has 1 aromatic heterocycles. The number of hydrogen-bond donors (Lipinski definition) is 1. The number of nitrogens with zero attached hydrogens (tertiary/aromatic N) is 3. The maximum atomic E-state index is 12.3. The van der Waals surface area contributed by atoms with E-state index in [9.17, 15) is 4.79 Å². The highest BCUT2D eigenvalue weighted by molar-refractivity contribution is 9.10. The molecule has 0 bridgehead atoms. The fourth-order valence-electron chi connectivity index (χ4n) is 2.37. The topological polar surface area (TPSA) is 58.1 Å². The van der Waals surface area contributed by atoms with Crippen LogP contribution in [0.15, 0.2) is 76.5 Å². The molecular formula is C20H19BrN4OS. The first-order chi connectivity index (χ1) is 13.1. The first kappa shape index (κ1) is 19.4. The van der Waals surface area contributed by atoms with Crippen LogP contribution in [0.5, 0.6) is 0 Å². The fourth-order valence-corrected chi connectivity index (χ4v) is 3.56. The predicted octanol–water partition coefficient (Wildman–Crippen LogP) is 4.61. The molecule has 1 amide bonds. The molecule has 0 saturated carbocycles. The Morgan fingerprint density at radius 1 is 1.11 bits per heavy atom. The van der Waals surface area contributed by atoms with Gasteiger partial charge in [-0.2, -0.15) is 0 Å². The molecule has 0 aliphatic heterocycles. The van der Waals surface area contributed by atoms with Gasteiger partial charge in [0, 0.05) is 17.3 Å². The first-order valence-electron chi connectivity index (χ1n) is 8.36. The third kappa shape index (κ3) is 5.80. The van der Waals surface area contributed by atoms with Crippen molar-refractivity contribution in [2.75, 3.05) is 23.8 Å². The molecular weight excluding hydrogens is 424 g/mol. The van der Waals surface area contributed by atoms with Gasteiger partial charge in [0.15, 0.2) is 0 Å². The van der Waals surface area contributed by atoms with Crippen LogP contribution in [0.1, 0.15) is 5.56 Å². The number of carbonyl (C=O) groups excluding carboxylic acids is 1. The molecule has 1 N–H and O–H groups in total. The molecule has 27 heavy (non-hydrogen) atoms. The van der Waals surface area contributed by atoms with E-state index in [1.807, 2.05) is 49.5 Å². The summed E-state index contributed by atoms with van der Waals surface area (Å²) in [4.78, 5) is 23.0. The highest BCUT2D eigenvalue weighted by Crippen LogP contribution is 2.23. The Labute approximate surface area is 171 Å². The normalized spacial score (nSPS) is 10.4. The van der Waals surface area contributed by atoms with Gasteiger partial charge in [0.1, 0.15) is 10.8 Å². The number of thioether (sulfide) groups is 1. The number of carbonyl (C=O) groups is 1. The Hall–Kier alpha value is -2.38. The maximum absolute atomic E-state index is 12.3. The van der Waals surface area contributed by atoms with Gasteiger partial charge in [-0.3, -0.25) is 9.78 Å². The van der Waals surface area contributed by atoms with Gasteiger partial charge >= 0.3 is 0 Å². The second-order valence-electron chi connectivity index (χ2n) is 5.87. The van der Waals surface area contributed by atoms with Gasteiger partial charge in [0.05, 0.1) is 24.6 Å². The van der Waals surface area contributed by atoms with Crippen molar-refractivity contribution in [2.45, 2.75) is 10.8 Å². The van der Waals surface area contributed by atoms with Gasteiger partial charge in [-0.05, 0) is 33.6 Å². The van der Waals surface area contributed by atoms with Gasteiger partial charge < -0.3 is 10.2 Å². The summed E-state index contributed by atoms with van der Waals surface area (Å²) in [6.45, 7) is 0.183. The molecule has 0 spiro atoms. The Morgan fingerprint density at radius 3 is 2.63 bits per heavy atom. The van der Waals surface area contributed by atoms with Crippen LogP contribution in [0.4, 0.5) is 11.5 Å². The van der Waals surface area contributed by atoms with Crippen LogP contribution >= 0.6 is 27.7 Å². The van der Waals surface area contributed by atoms with Crippen LogP contribution in [0, 0.1) is 0 Å². The van der Waals surface area contributed by atoms with Gasteiger partial charge in [-0.25, -0.2) is 4.98 Å². The quantitative estimate of drug-likeness (QED) is 0.541. The lowest BCUT2D eigenvalue weighted by molar-refractivity contribution is -0.114. The first-order valence-corrected chi connectivity index (χ1v) is 10.1. The highest BCUT2D eigenvalue weighted by Gasteiger charge is 2.11. The van der Waals surface area contributed by atoms with E-state index in [2.05, 4.69) is 43.3 Å². The van der Waals surface area contributed by atoms with Crippen molar-refractivity contribution in [3.05, 3.63) is 77.0 Å². The van der Waals surface area contributed by atoms with E-state index in [0.29, 0.717) is 5.82 Å². The van der Waals surface area contributed by atoms with Crippen molar-refractivity contribution in [2.24, 2.45) is 0 Å². The van der Waals surface area contributed by atoms with E-state index in [1.165, 1.54) is 5.56 Å². The molecule has 0 fully saturated rings. The summed E-state index contributed by atoms with van der Waals surface area (Å²) in [6, 6.07) is 17.7. The average molecular weight is 443 g/mol. The Balaban J connectivity index is 1.58. The molecule has 7 heteroatoms. The van der Waals surface area contributed by atoms with E-state index < -0.39 is 0 Å². The molecule has 0 atom stereocenters. The summed E-state index contributed by atoms with van der Waals surface area (Å²) in [5.74, 6) is 1.37. The highest BCUT2D eigenvalue weighted by atomic mass is 79.9. The van der Waals surface area contributed by atoms with Gasteiger partial charge in [0.25, 0.3) is 0 Å². The molecule has 3 rings (SSSR count). The smallest absolute Gasteiger partial charge is 0.243 e. The van der Waals surface area contributed by atoms with Crippen molar-refractivity contribution in [1.29, 1.82) is 0 Å². The van der Waals surface area contributed by atoms with Crippen LogP contribution in [-0.4, -0.2) is 29.5 Å². The summed E-state index contributed by atoms with van der Waals surface area (Å²) in [6.07, 6.45) is 3.41. The number of halogens is 1. The van der Waals surface area contributed by atoms with Crippen LogP contribution in [0.2, 0.25) is 0 Å². The molecule has 0 saturated heterocycles. The van der Waals surface area contributed by atoms with Crippen molar-refractivity contribution >= 4 is 45.1 Å². The van der Waals surface area contributed by atoms with E-state index in [-0.39, 0.29) is 12.5 Å². The summed E-state index contributed by atoms with van der Waals surface area (Å²) in [5, 5.41) is 3.72. The lowest BCUT2D eigenvalue weighted by Gasteiger charge is -2.18. The third-order valence-electron chi connectivity index (χ3n) is 3.75. The van der Waals surface area contributed by atoms with Crippen molar-refractivity contribution in [1.82, 2.24) is 9.97 Å².